The lowest BCUT2D eigenvalue weighted by Crippen LogP contribution is -2.72. The average Bonchev–Trinajstić information content (AvgIpc) is 0.700. The minimum Gasteiger partial charge on any atom is -0.294 e. The molecule has 12 aliphatic carbocycles. The van der Waals surface area contributed by atoms with Crippen LogP contribution in [0.4, 0.5) is 0 Å². The predicted octanol–water partition coefficient (Wildman–Crippen LogP) is 28.0. The molecule has 4 nitrogen and oxygen atoms in total. The molecule has 4 heteroatoms. The smallest absolute Gasteiger partial charge is 0.0147 e. The van der Waals surface area contributed by atoms with Crippen molar-refractivity contribution in [3.05, 3.63) is 0 Å². The van der Waals surface area contributed by atoms with Crippen molar-refractivity contribution in [1.82, 2.24) is 19.6 Å². The fourth-order valence-electron chi connectivity index (χ4n) is 29.0. The van der Waals surface area contributed by atoms with Crippen LogP contribution in [0, 0.1) is 105 Å². The summed E-state index contributed by atoms with van der Waals surface area (Å²) < 4.78 is 0. The summed E-state index contributed by atoms with van der Waals surface area (Å²) in [6, 6.07) is 9.50. The number of unbranched alkanes of at least 4 members (excludes halogenated alkanes) is 10. The first-order valence-electron chi connectivity index (χ1n) is 48.0. The maximum Gasteiger partial charge on any atom is 0.0147 e. The molecule has 102 heavy (non-hydrogen) atoms. The maximum atomic E-state index is 3.65. The molecule has 10 atom stereocenters. The normalized spacial score (nSPS) is 41.5. The van der Waals surface area contributed by atoms with Crippen LogP contribution < -0.4 is 0 Å². The quantitative estimate of drug-likeness (QED) is 0.0800. The minimum absolute atomic E-state index is 0.418. The van der Waals surface area contributed by atoms with Crippen LogP contribution in [0.5, 0.6) is 0 Å². The van der Waals surface area contributed by atoms with E-state index in [2.05, 4.69) is 130 Å². The average molecular weight is 1410 g/mol. The van der Waals surface area contributed by atoms with Crippen LogP contribution in [0.15, 0.2) is 0 Å². The number of hydrogen-bond donors (Lipinski definition) is 0. The number of nitrogens with zero attached hydrogens (tertiary/aromatic N) is 4. The fraction of sp³-hybridized carbons (Fsp3) is 1.00. The number of rotatable bonds is 26. The molecule has 12 rings (SSSR count). The summed E-state index contributed by atoms with van der Waals surface area (Å²) >= 11 is 0. The van der Waals surface area contributed by atoms with Gasteiger partial charge in [-0.05, 0) is 349 Å². The van der Waals surface area contributed by atoms with Crippen molar-refractivity contribution in [3.8, 4) is 0 Å². The highest BCUT2D eigenvalue weighted by Crippen LogP contribution is 2.65. The van der Waals surface area contributed by atoms with Gasteiger partial charge in [0.15, 0.2) is 0 Å². The molecule has 10 unspecified atom stereocenters. The van der Waals surface area contributed by atoms with E-state index in [9.17, 15) is 0 Å². The Morgan fingerprint density at radius 1 is 0.225 bits per heavy atom. The third kappa shape index (κ3) is 19.8. The second-order valence-corrected chi connectivity index (χ2v) is 45.3. The van der Waals surface area contributed by atoms with Crippen LogP contribution in [0.25, 0.3) is 0 Å². The van der Waals surface area contributed by atoms with Gasteiger partial charge in [0.05, 0.1) is 0 Å². The molecule has 0 saturated heterocycles. The summed E-state index contributed by atoms with van der Waals surface area (Å²) in [5, 5.41) is 0. The van der Waals surface area contributed by atoms with Crippen molar-refractivity contribution in [3.63, 3.8) is 0 Å². The molecule has 0 aromatic rings. The summed E-state index contributed by atoms with van der Waals surface area (Å²) in [5.41, 5.74) is 1.67. The minimum atomic E-state index is 0.418. The van der Waals surface area contributed by atoms with Crippen molar-refractivity contribution in [2.45, 2.75) is 517 Å². The standard InChI is InChI=1S/C98H178N4/c1-17-19-21-23-25-27-29-71-35-51-79(52-36-71)99(77-47-31-69(3)32-48-77)89-67-91(101(81-55-39-73(40-56-81)95(5,6)7)82-57-41-74(42-58-82)96(8,9)10)87-66-64-86-90(100(78-49-33-70(4)34-50-78)80-53-37-72(38-54-80)30-28-26-24-22-20-18-2)68-92(88-65-63-85(89)93(87)94(86)88)102(83-59-43-75(44-60-83)97(11,12)13)84-61-45-76(46-62-84)98(14,15)16/h69-94H,17-68H2,1-16H3. The van der Waals surface area contributed by atoms with E-state index in [-0.39, 0.29) is 0 Å². The third-order valence-corrected chi connectivity index (χ3v) is 35.2. The van der Waals surface area contributed by atoms with Crippen molar-refractivity contribution >= 4 is 0 Å². The Labute approximate surface area is 637 Å². The van der Waals surface area contributed by atoms with Gasteiger partial charge in [0.2, 0.25) is 0 Å². The van der Waals surface area contributed by atoms with Gasteiger partial charge in [-0.3, -0.25) is 19.6 Å². The van der Waals surface area contributed by atoms with Crippen LogP contribution in [-0.2, 0) is 0 Å². The summed E-state index contributed by atoms with van der Waals surface area (Å²) in [6.45, 7) is 41.5. The Hall–Kier alpha value is -0.160. The second kappa shape index (κ2) is 36.5. The van der Waals surface area contributed by atoms with Crippen LogP contribution in [0.2, 0.25) is 0 Å². The van der Waals surface area contributed by atoms with Crippen LogP contribution in [0.3, 0.4) is 0 Å². The van der Waals surface area contributed by atoms with E-state index >= 15 is 0 Å². The van der Waals surface area contributed by atoms with E-state index < -0.39 is 0 Å². The molecule has 0 spiro atoms. The van der Waals surface area contributed by atoms with E-state index in [1.165, 1.54) is 308 Å². The molecule has 590 valence electrons. The zero-order chi connectivity index (χ0) is 72.1. The van der Waals surface area contributed by atoms with E-state index in [0.29, 0.717) is 21.7 Å². The van der Waals surface area contributed by atoms with Gasteiger partial charge in [0.1, 0.15) is 0 Å². The first-order chi connectivity index (χ1) is 48.9. The Bertz CT molecular complexity index is 2140. The molecule has 12 aliphatic rings. The molecule has 0 aromatic heterocycles. The zero-order valence-corrected chi connectivity index (χ0v) is 71.6. The van der Waals surface area contributed by atoms with Crippen LogP contribution in [0.1, 0.15) is 445 Å². The van der Waals surface area contributed by atoms with Crippen LogP contribution in [-0.4, -0.2) is 92.1 Å². The van der Waals surface area contributed by atoms with Crippen molar-refractivity contribution in [2.75, 3.05) is 0 Å². The highest BCUT2D eigenvalue weighted by atomic mass is 15.3. The monoisotopic (exact) mass is 1410 g/mol. The molecule has 0 radical (unpaired) electrons. The molecular weight excluding hydrogens is 1230 g/mol. The molecule has 12 fully saturated rings. The maximum absolute atomic E-state index is 3.65. The van der Waals surface area contributed by atoms with Gasteiger partial charge in [-0.25, -0.2) is 0 Å². The van der Waals surface area contributed by atoms with Gasteiger partial charge >= 0.3 is 0 Å². The Morgan fingerprint density at radius 3 is 0.637 bits per heavy atom. The van der Waals surface area contributed by atoms with E-state index in [4.69, 9.17) is 0 Å². The molecular formula is C98H178N4. The van der Waals surface area contributed by atoms with Crippen molar-refractivity contribution < 1.29 is 0 Å². The molecule has 0 heterocycles. The topological polar surface area (TPSA) is 13.0 Å². The van der Waals surface area contributed by atoms with Gasteiger partial charge in [0, 0.05) is 72.5 Å². The molecule has 12 saturated carbocycles. The first kappa shape index (κ1) is 81.3. The lowest BCUT2D eigenvalue weighted by atomic mass is 9.44. The van der Waals surface area contributed by atoms with Crippen molar-refractivity contribution in [2.24, 2.45) is 105 Å². The highest BCUT2D eigenvalue weighted by molar-refractivity contribution is 5.17. The summed E-state index contributed by atoms with van der Waals surface area (Å²) in [5.74, 6) is 12.7. The summed E-state index contributed by atoms with van der Waals surface area (Å²) in [6.07, 6.45) is 77.7. The molecule has 0 aromatic carbocycles. The first-order valence-corrected chi connectivity index (χ1v) is 48.0. The Balaban J connectivity index is 0.975. The molecule has 0 bridgehead atoms. The highest BCUT2D eigenvalue weighted by Gasteiger charge is 2.65. The lowest BCUT2D eigenvalue weighted by Gasteiger charge is -2.69. The fourth-order valence-corrected chi connectivity index (χ4v) is 29.0. The van der Waals surface area contributed by atoms with E-state index in [1.54, 1.807) is 25.7 Å². The predicted molar refractivity (Wildman–Crippen MR) is 442 cm³/mol. The Morgan fingerprint density at radius 2 is 0.422 bits per heavy atom. The van der Waals surface area contributed by atoms with Gasteiger partial charge in [-0.1, -0.05) is 201 Å². The van der Waals surface area contributed by atoms with Crippen molar-refractivity contribution in [1.29, 1.82) is 0 Å². The lowest BCUT2D eigenvalue weighted by molar-refractivity contribution is -0.197. The summed E-state index contributed by atoms with van der Waals surface area (Å²) in [7, 11) is 0. The second-order valence-electron chi connectivity index (χ2n) is 45.3. The van der Waals surface area contributed by atoms with Gasteiger partial charge < -0.3 is 0 Å². The van der Waals surface area contributed by atoms with E-state index in [0.717, 1.165) is 155 Å². The zero-order valence-electron chi connectivity index (χ0n) is 71.6. The van der Waals surface area contributed by atoms with E-state index in [1.807, 2.05) is 0 Å². The van der Waals surface area contributed by atoms with Gasteiger partial charge in [-0.15, -0.1) is 0 Å². The van der Waals surface area contributed by atoms with Gasteiger partial charge in [0.25, 0.3) is 0 Å². The summed E-state index contributed by atoms with van der Waals surface area (Å²) in [4.78, 5) is 14.6. The largest absolute Gasteiger partial charge is 0.294 e. The third-order valence-electron chi connectivity index (χ3n) is 35.2. The molecule has 0 N–H and O–H groups in total. The number of hydrogen-bond acceptors (Lipinski definition) is 4. The van der Waals surface area contributed by atoms with Gasteiger partial charge in [-0.2, -0.15) is 0 Å². The van der Waals surface area contributed by atoms with Crippen LogP contribution >= 0.6 is 0 Å². The SMILES string of the molecule is CCCCCCCCC1CCC(N(C2CCC(C)CC2)C2CC(N(C3CCC(C(C)(C)C)CC3)C3CCC(C(C)(C)C)CC3)C3CCC4C5C(CCC2C35)C(N(C2CCC(C(C)(C)C)CC2)C2CCC(C(C)(C)C)CC2)CC4N(C2CCC(C)CC2)C2CCC(CCCCCCCC)CC2)CC1. The molecule has 0 aliphatic heterocycles. The Kier molecular flexibility index (Phi) is 29.1. The molecule has 0 amide bonds.